The molecule has 0 spiro atoms. The summed E-state index contributed by atoms with van der Waals surface area (Å²) in [6, 6.07) is 5.14. The molecule has 7 heteroatoms. The van der Waals surface area contributed by atoms with Crippen LogP contribution in [0.3, 0.4) is 0 Å². The second kappa shape index (κ2) is 4.58. The zero-order valence-electron chi connectivity index (χ0n) is 10.6. The Balaban J connectivity index is 2.44. The Morgan fingerprint density at radius 3 is 2.79 bits per heavy atom. The number of nitrogens with one attached hydrogen (secondary N) is 1. The smallest absolute Gasteiger partial charge is 0.251 e. The predicted octanol–water partition coefficient (Wildman–Crippen LogP) is -0.0428. The van der Waals surface area contributed by atoms with Gasteiger partial charge in [0.25, 0.3) is 5.91 Å². The number of amides is 2. The van der Waals surface area contributed by atoms with Crippen molar-refractivity contribution in [3.05, 3.63) is 23.9 Å². The maximum atomic E-state index is 11.9. The second-order valence-corrected chi connectivity index (χ2v) is 5.21. The van der Waals surface area contributed by atoms with Crippen LogP contribution in [0, 0.1) is 0 Å². The lowest BCUT2D eigenvalue weighted by Crippen LogP contribution is -2.64. The number of hydrogen-bond acceptors (Lipinski definition) is 5. The van der Waals surface area contributed by atoms with Crippen LogP contribution in [0.25, 0.3) is 0 Å². The topological polar surface area (TPSA) is 88.3 Å². The Bertz CT molecular complexity index is 571. The quantitative estimate of drug-likeness (QED) is 0.583. The summed E-state index contributed by atoms with van der Waals surface area (Å²) in [7, 11) is 0. The molecule has 0 radical (unpaired) electrons. The average Bonchev–Trinajstić information content (AvgIpc) is 2.34. The number of rotatable bonds is 2. The van der Waals surface area contributed by atoms with E-state index < -0.39 is 5.54 Å². The van der Waals surface area contributed by atoms with Gasteiger partial charge in [0.1, 0.15) is 16.3 Å². The van der Waals surface area contributed by atoms with Crippen molar-refractivity contribution < 1.29 is 9.59 Å². The Kier molecular flexibility index (Phi) is 3.23. The molecule has 1 fully saturated rings. The van der Waals surface area contributed by atoms with E-state index in [1.54, 1.807) is 36.9 Å². The summed E-state index contributed by atoms with van der Waals surface area (Å²) in [5.41, 5.74) is 5.13. The van der Waals surface area contributed by atoms with E-state index in [2.05, 4.69) is 10.3 Å². The summed E-state index contributed by atoms with van der Waals surface area (Å²) >= 11 is 4.88. The van der Waals surface area contributed by atoms with Crippen LogP contribution >= 0.6 is 12.2 Å². The third-order valence-electron chi connectivity index (χ3n) is 3.05. The summed E-state index contributed by atoms with van der Waals surface area (Å²) in [5, 5.41) is 2.31. The first-order valence-electron chi connectivity index (χ1n) is 5.71. The zero-order valence-corrected chi connectivity index (χ0v) is 11.5. The van der Waals surface area contributed by atoms with Gasteiger partial charge in [-0.3, -0.25) is 14.9 Å². The highest BCUT2D eigenvalue weighted by Gasteiger charge is 2.41. The van der Waals surface area contributed by atoms with Gasteiger partial charge in [-0.1, -0.05) is 18.3 Å². The van der Waals surface area contributed by atoms with Gasteiger partial charge in [-0.25, -0.2) is 4.98 Å². The minimum atomic E-state index is -0.865. The molecule has 2 amide bonds. The molecule has 2 heterocycles. The molecule has 1 aromatic rings. The highest BCUT2D eigenvalue weighted by atomic mass is 32.1. The minimum absolute atomic E-state index is 0.0620. The first-order chi connectivity index (χ1) is 8.82. The number of thiocarbonyl (C=S) groups is 1. The molecule has 1 saturated heterocycles. The van der Waals surface area contributed by atoms with Crippen molar-refractivity contribution in [3.63, 3.8) is 0 Å². The van der Waals surface area contributed by atoms with Crippen molar-refractivity contribution >= 4 is 34.8 Å². The number of carbonyl (C=O) groups excluding carboxylic acids is 2. The summed E-state index contributed by atoms with van der Waals surface area (Å²) < 4.78 is 0. The normalized spacial score (nSPS) is 18.1. The maximum Gasteiger partial charge on any atom is 0.251 e. The number of imide groups is 1. The molecule has 0 aliphatic carbocycles. The first-order valence-corrected chi connectivity index (χ1v) is 6.12. The van der Waals surface area contributed by atoms with Gasteiger partial charge in [-0.2, -0.15) is 0 Å². The van der Waals surface area contributed by atoms with E-state index in [-0.39, 0.29) is 23.3 Å². The van der Waals surface area contributed by atoms with E-state index in [0.29, 0.717) is 11.5 Å². The molecule has 1 aliphatic rings. The number of piperazine rings is 1. The largest absolute Gasteiger partial charge is 0.388 e. The Hall–Kier alpha value is -2.02. The molecule has 0 bridgehead atoms. The van der Waals surface area contributed by atoms with Gasteiger partial charge < -0.3 is 10.6 Å². The molecule has 1 aliphatic heterocycles. The molecular weight excluding hydrogens is 264 g/mol. The first kappa shape index (κ1) is 13.4. The van der Waals surface area contributed by atoms with Gasteiger partial charge in [0.05, 0.1) is 12.2 Å². The standard InChI is InChI=1S/C12H14N4O2S/c1-12(2)11(18)15-9(17)6-16(12)8-5-3-4-7(14-8)10(13)19/h3-5H,6H2,1-2H3,(H2,13,19)(H,15,17,18). The van der Waals surface area contributed by atoms with Crippen molar-refractivity contribution in [2.24, 2.45) is 5.73 Å². The maximum absolute atomic E-state index is 11.9. The van der Waals surface area contributed by atoms with Gasteiger partial charge in [0.15, 0.2) is 0 Å². The molecule has 0 saturated carbocycles. The zero-order chi connectivity index (χ0) is 14.2. The Morgan fingerprint density at radius 2 is 2.16 bits per heavy atom. The number of hydrogen-bond donors (Lipinski definition) is 2. The lowest BCUT2D eigenvalue weighted by Gasteiger charge is -2.41. The van der Waals surface area contributed by atoms with Gasteiger partial charge >= 0.3 is 0 Å². The van der Waals surface area contributed by atoms with Gasteiger partial charge in [-0.05, 0) is 26.0 Å². The van der Waals surface area contributed by atoms with Gasteiger partial charge in [0, 0.05) is 0 Å². The highest BCUT2D eigenvalue weighted by molar-refractivity contribution is 7.80. The number of anilines is 1. The number of aromatic nitrogens is 1. The monoisotopic (exact) mass is 278 g/mol. The molecule has 0 atom stereocenters. The summed E-state index contributed by atoms with van der Waals surface area (Å²) in [4.78, 5) is 29.5. The van der Waals surface area contributed by atoms with Crippen LogP contribution in [0.2, 0.25) is 0 Å². The van der Waals surface area contributed by atoms with Crippen LogP contribution in [-0.2, 0) is 9.59 Å². The fraction of sp³-hybridized carbons (Fsp3) is 0.333. The van der Waals surface area contributed by atoms with Crippen LogP contribution in [0.15, 0.2) is 18.2 Å². The van der Waals surface area contributed by atoms with E-state index in [0.717, 1.165) is 0 Å². The van der Waals surface area contributed by atoms with Crippen molar-refractivity contribution in [3.8, 4) is 0 Å². The molecule has 1 aromatic heterocycles. The number of pyridine rings is 1. The second-order valence-electron chi connectivity index (χ2n) is 4.77. The van der Waals surface area contributed by atoms with Crippen molar-refractivity contribution in [2.75, 3.05) is 11.4 Å². The van der Waals surface area contributed by atoms with Crippen molar-refractivity contribution in [1.29, 1.82) is 0 Å². The number of nitrogens with zero attached hydrogens (tertiary/aromatic N) is 2. The molecule has 6 nitrogen and oxygen atoms in total. The molecule has 100 valence electrons. The summed E-state index contributed by atoms with van der Waals surface area (Å²) in [6.07, 6.45) is 0. The lowest BCUT2D eigenvalue weighted by molar-refractivity contribution is -0.135. The number of nitrogens with two attached hydrogens (primary N) is 1. The molecule has 0 aromatic carbocycles. The molecular formula is C12H14N4O2S. The lowest BCUT2D eigenvalue weighted by atomic mass is 9.98. The van der Waals surface area contributed by atoms with E-state index in [4.69, 9.17) is 18.0 Å². The Morgan fingerprint density at radius 1 is 1.47 bits per heavy atom. The van der Waals surface area contributed by atoms with Gasteiger partial charge in [0.2, 0.25) is 5.91 Å². The van der Waals surface area contributed by atoms with Crippen LogP contribution in [0.1, 0.15) is 19.5 Å². The summed E-state index contributed by atoms with van der Waals surface area (Å²) in [5.74, 6) is -0.211. The SMILES string of the molecule is CC1(C)C(=O)NC(=O)CN1c1cccc(C(N)=S)n1. The molecule has 2 rings (SSSR count). The van der Waals surface area contributed by atoms with E-state index in [1.165, 1.54) is 0 Å². The van der Waals surface area contributed by atoms with E-state index in [1.807, 2.05) is 0 Å². The molecule has 0 unspecified atom stereocenters. The average molecular weight is 278 g/mol. The van der Waals surface area contributed by atoms with Crippen LogP contribution in [0.4, 0.5) is 5.82 Å². The highest BCUT2D eigenvalue weighted by Crippen LogP contribution is 2.24. The van der Waals surface area contributed by atoms with E-state index >= 15 is 0 Å². The molecule has 3 N–H and O–H groups in total. The third-order valence-corrected chi connectivity index (χ3v) is 3.26. The fourth-order valence-corrected chi connectivity index (χ4v) is 1.97. The summed E-state index contributed by atoms with van der Waals surface area (Å²) in [6.45, 7) is 3.51. The van der Waals surface area contributed by atoms with Crippen LogP contribution < -0.4 is 16.0 Å². The van der Waals surface area contributed by atoms with Gasteiger partial charge in [-0.15, -0.1) is 0 Å². The van der Waals surface area contributed by atoms with Crippen molar-refractivity contribution in [2.45, 2.75) is 19.4 Å². The Labute approximate surface area is 116 Å². The fourth-order valence-electron chi connectivity index (χ4n) is 1.86. The minimum Gasteiger partial charge on any atom is -0.388 e. The third kappa shape index (κ3) is 2.41. The van der Waals surface area contributed by atoms with Crippen LogP contribution in [-0.4, -0.2) is 33.9 Å². The number of carbonyl (C=O) groups is 2. The van der Waals surface area contributed by atoms with Crippen molar-refractivity contribution in [1.82, 2.24) is 10.3 Å². The van der Waals surface area contributed by atoms with Crippen LogP contribution in [0.5, 0.6) is 0 Å². The molecule has 19 heavy (non-hydrogen) atoms. The predicted molar refractivity (Wildman–Crippen MR) is 74.7 cm³/mol. The van der Waals surface area contributed by atoms with E-state index in [9.17, 15) is 9.59 Å².